The summed E-state index contributed by atoms with van der Waals surface area (Å²) in [4.78, 5) is 17.5. The van der Waals surface area contributed by atoms with E-state index >= 15 is 0 Å². The molecule has 0 bridgehead atoms. The molecule has 1 aromatic carbocycles. The van der Waals surface area contributed by atoms with Gasteiger partial charge < -0.3 is 5.32 Å². The number of benzene rings is 1. The quantitative estimate of drug-likeness (QED) is 0.287. The molecule has 0 fully saturated rings. The van der Waals surface area contributed by atoms with Crippen LogP contribution in [0.2, 0.25) is 5.02 Å². The number of fused-ring (bicyclic) bond motifs is 1. The van der Waals surface area contributed by atoms with Crippen molar-refractivity contribution in [3.8, 4) is 10.6 Å². The fourth-order valence-corrected chi connectivity index (χ4v) is 4.67. The van der Waals surface area contributed by atoms with Crippen molar-refractivity contribution in [2.24, 2.45) is 0 Å². The van der Waals surface area contributed by atoms with Gasteiger partial charge in [-0.2, -0.15) is 18.3 Å². The average Bonchev–Trinajstić information content (AvgIpc) is 3.26. The molecule has 0 spiro atoms. The highest BCUT2D eigenvalue weighted by molar-refractivity contribution is 9.11. The zero-order valence-corrected chi connectivity index (χ0v) is 19.2. The van der Waals surface area contributed by atoms with Gasteiger partial charge in [-0.15, -0.1) is 11.3 Å². The van der Waals surface area contributed by atoms with Gasteiger partial charge in [-0.05, 0) is 68.3 Å². The molecule has 3 heterocycles. The minimum absolute atomic E-state index is 0.0527. The van der Waals surface area contributed by atoms with Gasteiger partial charge in [0.25, 0.3) is 5.91 Å². The van der Waals surface area contributed by atoms with Gasteiger partial charge in [0, 0.05) is 20.6 Å². The van der Waals surface area contributed by atoms with Crippen molar-refractivity contribution in [1.29, 1.82) is 0 Å². The van der Waals surface area contributed by atoms with Crippen LogP contribution >= 0.6 is 54.8 Å². The van der Waals surface area contributed by atoms with Crippen LogP contribution in [0.4, 0.5) is 18.9 Å². The second-order valence-corrected chi connectivity index (χ2v) is 9.07. The zero-order chi connectivity index (χ0) is 21.6. The van der Waals surface area contributed by atoms with Crippen LogP contribution in [0.1, 0.15) is 16.2 Å². The Morgan fingerprint density at radius 2 is 1.87 bits per heavy atom. The smallest absolute Gasteiger partial charge is 0.321 e. The van der Waals surface area contributed by atoms with Crippen molar-refractivity contribution >= 4 is 72.0 Å². The summed E-state index contributed by atoms with van der Waals surface area (Å²) in [6, 6.07) is 8.86. The van der Waals surface area contributed by atoms with Gasteiger partial charge in [-0.3, -0.25) is 4.79 Å². The highest BCUT2D eigenvalue weighted by Crippen LogP contribution is 2.36. The lowest BCUT2D eigenvalue weighted by Crippen LogP contribution is -2.15. The largest absolute Gasteiger partial charge is 0.433 e. The maximum Gasteiger partial charge on any atom is 0.433 e. The van der Waals surface area contributed by atoms with Crippen molar-refractivity contribution in [3.63, 3.8) is 0 Å². The third-order valence-electron chi connectivity index (χ3n) is 3.96. The summed E-state index contributed by atoms with van der Waals surface area (Å²) >= 11 is 13.5. The molecule has 0 aliphatic heterocycles. The SMILES string of the molecule is O=C(Nc1ccc(Cl)cc1)c1nn2c(C(F)(F)F)cc(-c3cc(Br)cs3)nc2c1Br. The molecule has 4 aromatic rings. The van der Waals surface area contributed by atoms with Crippen LogP contribution in [0.5, 0.6) is 0 Å². The van der Waals surface area contributed by atoms with Gasteiger partial charge in [-0.25, -0.2) is 9.50 Å². The van der Waals surface area contributed by atoms with Gasteiger partial charge in [-0.1, -0.05) is 11.6 Å². The number of alkyl halides is 3. The molecule has 154 valence electrons. The van der Waals surface area contributed by atoms with Crippen LogP contribution < -0.4 is 5.32 Å². The number of nitrogens with one attached hydrogen (secondary N) is 1. The molecule has 0 aliphatic rings. The Labute approximate surface area is 193 Å². The third-order valence-corrected chi connectivity index (χ3v) is 6.66. The Hall–Kier alpha value is -1.95. The summed E-state index contributed by atoms with van der Waals surface area (Å²) in [5, 5.41) is 8.68. The van der Waals surface area contributed by atoms with Crippen molar-refractivity contribution in [2.75, 3.05) is 5.32 Å². The number of aromatic nitrogens is 3. The second kappa shape index (κ2) is 7.95. The van der Waals surface area contributed by atoms with Crippen LogP contribution in [0.25, 0.3) is 16.2 Å². The molecule has 0 saturated heterocycles. The van der Waals surface area contributed by atoms with E-state index in [9.17, 15) is 18.0 Å². The van der Waals surface area contributed by atoms with Crippen LogP contribution in [0, 0.1) is 0 Å². The fraction of sp³-hybridized carbons (Fsp3) is 0.0556. The normalized spacial score (nSPS) is 11.8. The number of amides is 1. The molecule has 0 aliphatic carbocycles. The zero-order valence-electron chi connectivity index (χ0n) is 14.5. The van der Waals surface area contributed by atoms with Crippen LogP contribution in [-0.4, -0.2) is 20.5 Å². The van der Waals surface area contributed by atoms with E-state index in [4.69, 9.17) is 11.6 Å². The Morgan fingerprint density at radius 3 is 2.47 bits per heavy atom. The molecule has 0 saturated carbocycles. The number of carbonyl (C=O) groups is 1. The number of thiophene rings is 1. The van der Waals surface area contributed by atoms with Crippen LogP contribution in [0.15, 0.2) is 50.7 Å². The molecule has 12 heteroatoms. The van der Waals surface area contributed by atoms with E-state index in [1.807, 2.05) is 0 Å². The van der Waals surface area contributed by atoms with Gasteiger partial charge in [0.05, 0.1) is 15.0 Å². The molecule has 0 atom stereocenters. The number of carbonyl (C=O) groups excluding carboxylic acids is 1. The standard InChI is InChI=1S/C18H8Br2ClF3N4OS/c19-8-5-12(30-7-8)11-6-13(18(22,23)24)28-16(26-11)14(20)15(27-28)17(29)25-10-3-1-9(21)2-4-10/h1-7H,(H,25,29). The van der Waals surface area contributed by atoms with E-state index in [-0.39, 0.29) is 21.5 Å². The summed E-state index contributed by atoms with van der Waals surface area (Å²) in [7, 11) is 0. The van der Waals surface area contributed by atoms with E-state index in [0.29, 0.717) is 20.1 Å². The Morgan fingerprint density at radius 1 is 1.17 bits per heavy atom. The first-order chi connectivity index (χ1) is 14.1. The second-order valence-electron chi connectivity index (χ2n) is 6.01. The lowest BCUT2D eigenvalue weighted by molar-refractivity contribution is -0.142. The van der Waals surface area contributed by atoms with E-state index in [2.05, 4.69) is 47.3 Å². The first-order valence-electron chi connectivity index (χ1n) is 8.11. The van der Waals surface area contributed by atoms with E-state index in [1.54, 1.807) is 35.7 Å². The molecule has 1 N–H and O–H groups in total. The Balaban J connectivity index is 1.83. The summed E-state index contributed by atoms with van der Waals surface area (Å²) in [6.45, 7) is 0. The predicted molar refractivity (Wildman–Crippen MR) is 116 cm³/mol. The number of anilines is 1. The summed E-state index contributed by atoms with van der Waals surface area (Å²) in [5.74, 6) is -0.691. The number of rotatable bonds is 3. The number of halogens is 6. The minimum atomic E-state index is -4.71. The van der Waals surface area contributed by atoms with E-state index in [0.717, 1.165) is 10.5 Å². The van der Waals surface area contributed by atoms with Crippen LogP contribution in [-0.2, 0) is 6.18 Å². The molecule has 30 heavy (non-hydrogen) atoms. The minimum Gasteiger partial charge on any atom is -0.321 e. The van der Waals surface area contributed by atoms with Gasteiger partial charge >= 0.3 is 6.18 Å². The van der Waals surface area contributed by atoms with Gasteiger partial charge in [0.15, 0.2) is 17.0 Å². The molecule has 4 rings (SSSR count). The number of hydrogen-bond donors (Lipinski definition) is 1. The maximum absolute atomic E-state index is 13.7. The topological polar surface area (TPSA) is 59.3 Å². The Bertz CT molecular complexity index is 1270. The molecular weight excluding hydrogens is 573 g/mol. The lowest BCUT2D eigenvalue weighted by Gasteiger charge is -2.10. The van der Waals surface area contributed by atoms with Crippen LogP contribution in [0.3, 0.4) is 0 Å². The van der Waals surface area contributed by atoms with E-state index in [1.165, 1.54) is 11.3 Å². The molecule has 0 radical (unpaired) electrons. The highest BCUT2D eigenvalue weighted by Gasteiger charge is 2.36. The van der Waals surface area contributed by atoms with Crippen molar-refractivity contribution in [1.82, 2.24) is 14.6 Å². The van der Waals surface area contributed by atoms with Crippen molar-refractivity contribution < 1.29 is 18.0 Å². The monoisotopic (exact) mass is 578 g/mol. The van der Waals surface area contributed by atoms with Gasteiger partial charge in [0.1, 0.15) is 0 Å². The molecule has 5 nitrogen and oxygen atoms in total. The van der Waals surface area contributed by atoms with Crippen molar-refractivity contribution in [2.45, 2.75) is 6.18 Å². The molecule has 0 unspecified atom stereocenters. The third kappa shape index (κ3) is 4.11. The predicted octanol–water partition coefficient (Wildman–Crippen LogP) is 6.91. The van der Waals surface area contributed by atoms with Gasteiger partial charge in [0.2, 0.25) is 0 Å². The van der Waals surface area contributed by atoms with Crippen molar-refractivity contribution in [3.05, 3.63) is 67.1 Å². The lowest BCUT2D eigenvalue weighted by atomic mass is 10.2. The first-order valence-corrected chi connectivity index (χ1v) is 11.0. The Kier molecular flexibility index (Phi) is 5.64. The summed E-state index contributed by atoms with van der Waals surface area (Å²) in [6.07, 6.45) is -4.71. The fourth-order valence-electron chi connectivity index (χ4n) is 2.64. The molecular formula is C18H8Br2ClF3N4OS. The number of nitrogens with zero attached hydrogens (tertiary/aromatic N) is 3. The summed E-state index contributed by atoms with van der Waals surface area (Å²) in [5.41, 5.74) is -0.853. The summed E-state index contributed by atoms with van der Waals surface area (Å²) < 4.78 is 42.6. The molecule has 3 aromatic heterocycles. The maximum atomic E-state index is 13.7. The molecule has 1 amide bonds. The highest BCUT2D eigenvalue weighted by atomic mass is 79.9. The number of hydrogen-bond acceptors (Lipinski definition) is 4. The first kappa shape index (κ1) is 21.3. The van der Waals surface area contributed by atoms with E-state index < -0.39 is 17.8 Å². The average molecular weight is 581 g/mol.